The number of ether oxygens (including phenoxy) is 1. The molecule has 3 nitrogen and oxygen atoms in total. The van der Waals surface area contributed by atoms with Gasteiger partial charge < -0.3 is 9.64 Å². The van der Waals surface area contributed by atoms with Gasteiger partial charge in [-0.25, -0.2) is 4.79 Å². The fraction of sp³-hybridized carbons (Fsp3) is 0.588. The van der Waals surface area contributed by atoms with Crippen molar-refractivity contribution in [3.8, 4) is 5.75 Å². The number of amides is 1. The van der Waals surface area contributed by atoms with Crippen molar-refractivity contribution in [2.24, 2.45) is 0 Å². The molecule has 1 heterocycles. The fourth-order valence-electron chi connectivity index (χ4n) is 2.48. The van der Waals surface area contributed by atoms with Crippen LogP contribution in [-0.4, -0.2) is 35.1 Å². The van der Waals surface area contributed by atoms with Crippen LogP contribution in [0.4, 0.5) is 4.79 Å². The minimum absolute atomic E-state index is 0.194. The first-order valence-corrected chi connectivity index (χ1v) is 10.6. The summed E-state index contributed by atoms with van der Waals surface area (Å²) < 4.78 is 5.56. The van der Waals surface area contributed by atoms with Crippen LogP contribution in [0.15, 0.2) is 30.3 Å². The lowest BCUT2D eigenvalue weighted by atomic mass is 10.1. The van der Waals surface area contributed by atoms with Gasteiger partial charge in [0, 0.05) is 24.1 Å². The highest BCUT2D eigenvalue weighted by Crippen LogP contribution is 2.32. The topological polar surface area (TPSA) is 29.5 Å². The Bertz CT molecular complexity index is 436. The smallest absolute Gasteiger partial charge is 0.410 e. The molecule has 1 aromatic rings. The number of hydrogen-bond acceptors (Lipinski definition) is 4. The minimum Gasteiger partial charge on any atom is -0.410 e. The first kappa shape index (κ1) is 17.5. The van der Waals surface area contributed by atoms with Gasteiger partial charge in [-0.2, -0.15) is 0 Å². The van der Waals surface area contributed by atoms with Crippen LogP contribution in [0.25, 0.3) is 0 Å². The summed E-state index contributed by atoms with van der Waals surface area (Å²) in [5.74, 6) is 2.74. The second-order valence-electron chi connectivity index (χ2n) is 5.48. The average molecular weight is 340 g/mol. The molecule has 0 N–H and O–H groups in total. The van der Waals surface area contributed by atoms with Crippen molar-refractivity contribution >= 4 is 27.7 Å². The van der Waals surface area contributed by atoms with E-state index in [1.54, 1.807) is 0 Å². The number of para-hydroxylation sites is 1. The summed E-state index contributed by atoms with van der Waals surface area (Å²) in [7, 11) is 3.77. The molecule has 1 aromatic carbocycles. The summed E-state index contributed by atoms with van der Waals surface area (Å²) in [5, 5.41) is 0. The van der Waals surface area contributed by atoms with Crippen LogP contribution in [0.2, 0.25) is 0 Å². The summed E-state index contributed by atoms with van der Waals surface area (Å²) in [4.78, 5) is 14.5. The van der Waals surface area contributed by atoms with E-state index in [0.717, 1.165) is 30.9 Å². The molecule has 0 saturated carbocycles. The number of hydrogen-bond donors (Lipinski definition) is 0. The van der Waals surface area contributed by atoms with Crippen LogP contribution in [0.3, 0.4) is 0 Å². The minimum atomic E-state index is -0.194. The van der Waals surface area contributed by atoms with Crippen molar-refractivity contribution in [1.82, 2.24) is 4.90 Å². The summed E-state index contributed by atoms with van der Waals surface area (Å²) in [6.07, 6.45) is 5.56. The first-order valence-electron chi connectivity index (χ1n) is 8.09. The van der Waals surface area contributed by atoms with Gasteiger partial charge in [0.25, 0.3) is 0 Å². The predicted molar refractivity (Wildman–Crippen MR) is 96.6 cm³/mol. The van der Waals surface area contributed by atoms with Gasteiger partial charge in [0.15, 0.2) is 0 Å². The van der Waals surface area contributed by atoms with Crippen molar-refractivity contribution in [1.29, 1.82) is 0 Å². The number of nitrogens with zero attached hydrogens (tertiary/aromatic N) is 1. The van der Waals surface area contributed by atoms with Crippen LogP contribution in [0.1, 0.15) is 39.0 Å². The van der Waals surface area contributed by atoms with Gasteiger partial charge in [0.05, 0.1) is 0 Å². The Morgan fingerprint density at radius 2 is 2.05 bits per heavy atom. The molecule has 2 rings (SSSR count). The number of rotatable bonds is 7. The molecule has 122 valence electrons. The van der Waals surface area contributed by atoms with Gasteiger partial charge >= 0.3 is 6.09 Å². The van der Waals surface area contributed by atoms with E-state index >= 15 is 0 Å². The van der Waals surface area contributed by atoms with Gasteiger partial charge in [-0.15, -0.1) is 0 Å². The molecule has 5 heteroatoms. The quantitative estimate of drug-likeness (QED) is 0.503. The van der Waals surface area contributed by atoms with Gasteiger partial charge in [0.2, 0.25) is 0 Å². The zero-order valence-corrected chi connectivity index (χ0v) is 14.8. The van der Waals surface area contributed by atoms with Gasteiger partial charge in [-0.05, 0) is 25.0 Å². The maximum atomic E-state index is 12.6. The number of benzene rings is 1. The lowest BCUT2D eigenvalue weighted by Crippen LogP contribution is -2.45. The highest BCUT2D eigenvalue weighted by atomic mass is 33.1. The summed E-state index contributed by atoms with van der Waals surface area (Å²) in [6.45, 7) is 3.01. The molecular weight excluding hydrogens is 314 g/mol. The Balaban J connectivity index is 1.93. The molecule has 0 bridgehead atoms. The van der Waals surface area contributed by atoms with E-state index in [2.05, 4.69) is 6.92 Å². The second-order valence-corrected chi connectivity index (χ2v) is 8.11. The van der Waals surface area contributed by atoms with Crippen molar-refractivity contribution in [3.63, 3.8) is 0 Å². The molecular formula is C17H25NO2S2. The van der Waals surface area contributed by atoms with E-state index in [9.17, 15) is 4.79 Å². The zero-order chi connectivity index (χ0) is 15.6. The van der Waals surface area contributed by atoms with E-state index in [0.29, 0.717) is 11.8 Å². The Labute approximate surface area is 141 Å². The molecule has 1 aliphatic heterocycles. The summed E-state index contributed by atoms with van der Waals surface area (Å²) in [5.41, 5.74) is 0. The lowest BCUT2D eigenvalue weighted by Gasteiger charge is -2.32. The molecule has 1 amide bonds. The monoisotopic (exact) mass is 339 g/mol. The molecule has 0 spiro atoms. The largest absolute Gasteiger partial charge is 0.415 e. The second kappa shape index (κ2) is 10.1. The van der Waals surface area contributed by atoms with Crippen LogP contribution in [0.5, 0.6) is 5.75 Å². The molecule has 1 saturated heterocycles. The highest BCUT2D eigenvalue weighted by molar-refractivity contribution is 8.76. The van der Waals surface area contributed by atoms with Crippen molar-refractivity contribution in [3.05, 3.63) is 30.3 Å². The van der Waals surface area contributed by atoms with Gasteiger partial charge in [-0.1, -0.05) is 66.0 Å². The van der Waals surface area contributed by atoms with Crippen LogP contribution in [0, 0.1) is 0 Å². The van der Waals surface area contributed by atoms with E-state index in [-0.39, 0.29) is 6.09 Å². The van der Waals surface area contributed by atoms with E-state index in [1.807, 2.05) is 56.8 Å². The Morgan fingerprint density at radius 1 is 1.23 bits per heavy atom. The SMILES string of the molecule is CCCCCCN(C(=O)Oc1ccccc1)[C@H]1CCSSC1. The van der Waals surface area contributed by atoms with Crippen LogP contribution < -0.4 is 4.74 Å². The zero-order valence-electron chi connectivity index (χ0n) is 13.2. The summed E-state index contributed by atoms with van der Waals surface area (Å²) in [6, 6.07) is 9.68. The number of carbonyl (C=O) groups is 1. The third kappa shape index (κ3) is 5.76. The van der Waals surface area contributed by atoms with Crippen molar-refractivity contribution in [2.45, 2.75) is 45.1 Å². The molecule has 0 unspecified atom stereocenters. The molecule has 0 aliphatic carbocycles. The fourth-order valence-corrected chi connectivity index (χ4v) is 4.97. The van der Waals surface area contributed by atoms with Gasteiger partial charge in [-0.3, -0.25) is 0 Å². The number of unbranched alkanes of at least 4 members (excludes halogenated alkanes) is 3. The maximum Gasteiger partial charge on any atom is 0.415 e. The standard InChI is InChI=1S/C17H25NO2S2/c1-2-3-4-8-12-18(15-11-13-21-22-14-15)17(19)20-16-9-6-5-7-10-16/h5-7,9-10,15H,2-4,8,11-14H2,1H3/t15-/m0/s1. The Morgan fingerprint density at radius 3 is 2.73 bits per heavy atom. The first-order chi connectivity index (χ1) is 10.8. The third-order valence-corrected chi connectivity index (χ3v) is 6.25. The molecule has 1 atom stereocenters. The van der Waals surface area contributed by atoms with E-state index in [4.69, 9.17) is 4.74 Å². The molecule has 22 heavy (non-hydrogen) atoms. The third-order valence-electron chi connectivity index (χ3n) is 3.75. The maximum absolute atomic E-state index is 12.6. The van der Waals surface area contributed by atoms with Crippen LogP contribution >= 0.6 is 21.6 Å². The summed E-state index contributed by atoms with van der Waals surface area (Å²) >= 11 is 0. The van der Waals surface area contributed by atoms with Crippen molar-refractivity contribution in [2.75, 3.05) is 18.1 Å². The molecule has 1 aliphatic rings. The van der Waals surface area contributed by atoms with Crippen molar-refractivity contribution < 1.29 is 9.53 Å². The molecule has 0 radical (unpaired) electrons. The molecule has 0 aromatic heterocycles. The Hall–Kier alpha value is -0.810. The lowest BCUT2D eigenvalue weighted by molar-refractivity contribution is 0.133. The Kier molecular flexibility index (Phi) is 8.02. The predicted octanol–water partition coefficient (Wildman–Crippen LogP) is 5.22. The molecule has 1 fully saturated rings. The highest BCUT2D eigenvalue weighted by Gasteiger charge is 2.27. The van der Waals surface area contributed by atoms with E-state index < -0.39 is 0 Å². The van der Waals surface area contributed by atoms with Crippen LogP contribution in [-0.2, 0) is 0 Å². The normalized spacial score (nSPS) is 18.0. The average Bonchev–Trinajstić information content (AvgIpc) is 2.56. The van der Waals surface area contributed by atoms with E-state index in [1.165, 1.54) is 19.3 Å². The number of carbonyl (C=O) groups excluding carboxylic acids is 1. The van der Waals surface area contributed by atoms with Gasteiger partial charge in [0.1, 0.15) is 5.75 Å².